The molecule has 0 aliphatic carbocycles. The zero-order valence-corrected chi connectivity index (χ0v) is 9.64. The van der Waals surface area contributed by atoms with Crippen molar-refractivity contribution in [3.8, 4) is 5.75 Å². The van der Waals surface area contributed by atoms with Crippen LogP contribution in [-0.4, -0.2) is 24.5 Å². The summed E-state index contributed by atoms with van der Waals surface area (Å²) in [6, 6.07) is 3.89. The van der Waals surface area contributed by atoms with Crippen molar-refractivity contribution in [3.63, 3.8) is 0 Å². The lowest BCUT2D eigenvalue weighted by molar-refractivity contribution is -0.386. The summed E-state index contributed by atoms with van der Waals surface area (Å²) >= 11 is 0. The zero-order valence-electron chi connectivity index (χ0n) is 9.64. The molecule has 106 valence electrons. The van der Waals surface area contributed by atoms with Crippen LogP contribution in [0.1, 0.15) is 5.56 Å². The third-order valence-electron chi connectivity index (χ3n) is 2.02. The van der Waals surface area contributed by atoms with Crippen molar-refractivity contribution in [1.29, 1.82) is 0 Å². The predicted octanol–water partition coefficient (Wildman–Crippen LogP) is 1.97. The van der Waals surface area contributed by atoms with E-state index in [9.17, 15) is 23.3 Å². The Labute approximate surface area is 106 Å². The van der Waals surface area contributed by atoms with E-state index in [4.69, 9.17) is 10.5 Å². The van der Waals surface area contributed by atoms with Gasteiger partial charge in [0.2, 0.25) is 0 Å². The fourth-order valence-electron chi connectivity index (χ4n) is 1.21. The molecular weight excluding hydrogens is 269 g/mol. The number of alkyl halides is 3. The van der Waals surface area contributed by atoms with Crippen LogP contribution < -0.4 is 10.5 Å². The first-order valence-electron chi connectivity index (χ1n) is 5.08. The summed E-state index contributed by atoms with van der Waals surface area (Å²) < 4.78 is 44.4. The van der Waals surface area contributed by atoms with E-state index in [-0.39, 0.29) is 18.0 Å². The molecule has 0 heterocycles. The van der Waals surface area contributed by atoms with E-state index in [2.05, 4.69) is 4.74 Å². The monoisotopic (exact) mass is 280 g/mol. The Hall–Kier alpha value is -1.87. The van der Waals surface area contributed by atoms with Crippen molar-refractivity contribution in [2.45, 2.75) is 12.7 Å². The predicted molar refractivity (Wildman–Crippen MR) is 58.5 cm³/mol. The molecule has 0 amide bonds. The first-order valence-corrected chi connectivity index (χ1v) is 5.08. The molecule has 9 heteroatoms. The molecule has 0 saturated heterocycles. The number of nitrogens with zero attached hydrogens (tertiary/aromatic N) is 1. The van der Waals surface area contributed by atoms with Crippen molar-refractivity contribution in [2.24, 2.45) is 5.73 Å². The van der Waals surface area contributed by atoms with E-state index in [1.165, 1.54) is 18.2 Å². The third kappa shape index (κ3) is 5.10. The molecule has 0 spiro atoms. The molecule has 0 unspecified atom stereocenters. The number of halogens is 3. The van der Waals surface area contributed by atoms with Crippen LogP contribution in [0.25, 0.3) is 0 Å². The molecule has 1 rings (SSSR count). The lowest BCUT2D eigenvalue weighted by atomic mass is 10.2. The van der Waals surface area contributed by atoms with Crippen molar-refractivity contribution in [1.82, 2.24) is 0 Å². The van der Waals surface area contributed by atoms with Gasteiger partial charge in [0, 0.05) is 12.6 Å². The van der Waals surface area contributed by atoms with E-state index in [0.29, 0.717) is 5.56 Å². The van der Waals surface area contributed by atoms with Crippen LogP contribution in [0.4, 0.5) is 18.9 Å². The summed E-state index contributed by atoms with van der Waals surface area (Å²) in [6.07, 6.45) is -4.48. The average molecular weight is 280 g/mol. The number of rotatable bonds is 6. The summed E-state index contributed by atoms with van der Waals surface area (Å²) in [4.78, 5) is 9.98. The first kappa shape index (κ1) is 15.2. The van der Waals surface area contributed by atoms with E-state index in [1.807, 2.05) is 0 Å². The molecule has 19 heavy (non-hydrogen) atoms. The SMILES string of the molecule is NCc1ccc([N+](=O)[O-])c(OCOCC(F)(F)F)c1. The molecule has 6 nitrogen and oxygen atoms in total. The Bertz CT molecular complexity index is 451. The molecule has 0 atom stereocenters. The van der Waals surface area contributed by atoms with Gasteiger partial charge in [0.1, 0.15) is 6.61 Å². The Morgan fingerprint density at radius 3 is 2.58 bits per heavy atom. The average Bonchev–Trinajstić information content (AvgIpc) is 2.33. The van der Waals surface area contributed by atoms with Gasteiger partial charge in [0.05, 0.1) is 4.92 Å². The number of hydrogen-bond donors (Lipinski definition) is 1. The van der Waals surface area contributed by atoms with Crippen LogP contribution >= 0.6 is 0 Å². The number of ether oxygens (including phenoxy) is 2. The quantitative estimate of drug-likeness (QED) is 0.372. The third-order valence-corrected chi connectivity index (χ3v) is 2.02. The molecular formula is C10H11F3N2O4. The van der Waals surface area contributed by atoms with Gasteiger partial charge in [-0.15, -0.1) is 0 Å². The number of nitro benzene ring substituents is 1. The second-order valence-corrected chi connectivity index (χ2v) is 3.49. The highest BCUT2D eigenvalue weighted by atomic mass is 19.4. The Kier molecular flexibility index (Phi) is 5.07. The highest BCUT2D eigenvalue weighted by molar-refractivity contribution is 5.48. The topological polar surface area (TPSA) is 87.6 Å². The molecule has 0 aliphatic heterocycles. The van der Waals surface area contributed by atoms with Crippen molar-refractivity contribution < 1.29 is 27.6 Å². The van der Waals surface area contributed by atoms with Crippen LogP contribution in [-0.2, 0) is 11.3 Å². The van der Waals surface area contributed by atoms with Crippen LogP contribution in [0, 0.1) is 10.1 Å². The van der Waals surface area contributed by atoms with Crippen molar-refractivity contribution >= 4 is 5.69 Å². The minimum atomic E-state index is -4.48. The number of nitro groups is 1. The molecule has 0 bridgehead atoms. The summed E-state index contributed by atoms with van der Waals surface area (Å²) in [5, 5.41) is 10.7. The maximum absolute atomic E-state index is 11.8. The van der Waals surface area contributed by atoms with Gasteiger partial charge >= 0.3 is 11.9 Å². The molecule has 0 fully saturated rings. The van der Waals surface area contributed by atoms with Crippen molar-refractivity contribution in [2.75, 3.05) is 13.4 Å². The fourth-order valence-corrected chi connectivity index (χ4v) is 1.21. The van der Waals surface area contributed by atoms with E-state index >= 15 is 0 Å². The number of hydrogen-bond acceptors (Lipinski definition) is 5. The summed E-state index contributed by atoms with van der Waals surface area (Å²) in [5.74, 6) is -0.185. The lowest BCUT2D eigenvalue weighted by Crippen LogP contribution is -2.19. The normalized spacial score (nSPS) is 11.4. The molecule has 1 aromatic rings. The zero-order chi connectivity index (χ0) is 14.5. The maximum atomic E-state index is 11.8. The van der Waals surface area contributed by atoms with E-state index in [0.717, 1.165) is 0 Å². The summed E-state index contributed by atoms with van der Waals surface area (Å²) in [5.41, 5.74) is 5.54. The van der Waals surface area contributed by atoms with Crippen LogP contribution in [0.2, 0.25) is 0 Å². The second-order valence-electron chi connectivity index (χ2n) is 3.49. The maximum Gasteiger partial charge on any atom is 0.411 e. The van der Waals surface area contributed by atoms with Gasteiger partial charge in [-0.2, -0.15) is 13.2 Å². The van der Waals surface area contributed by atoms with Crippen LogP contribution in [0.3, 0.4) is 0 Å². The van der Waals surface area contributed by atoms with Gasteiger partial charge in [-0.3, -0.25) is 10.1 Å². The van der Waals surface area contributed by atoms with Gasteiger partial charge in [-0.25, -0.2) is 0 Å². The summed E-state index contributed by atoms with van der Waals surface area (Å²) in [7, 11) is 0. The molecule has 0 saturated carbocycles. The minimum absolute atomic E-state index is 0.123. The first-order chi connectivity index (χ1) is 8.83. The number of benzene rings is 1. The molecule has 1 aromatic carbocycles. The molecule has 0 aromatic heterocycles. The van der Waals surface area contributed by atoms with Gasteiger partial charge < -0.3 is 15.2 Å². The Morgan fingerprint density at radius 1 is 1.37 bits per heavy atom. The van der Waals surface area contributed by atoms with Gasteiger partial charge in [0.15, 0.2) is 12.5 Å². The minimum Gasteiger partial charge on any atom is -0.460 e. The largest absolute Gasteiger partial charge is 0.460 e. The molecule has 2 N–H and O–H groups in total. The van der Waals surface area contributed by atoms with Gasteiger partial charge in [-0.05, 0) is 11.6 Å². The molecule has 0 radical (unpaired) electrons. The second kappa shape index (κ2) is 6.34. The Balaban J connectivity index is 2.67. The molecule has 0 aliphatic rings. The Morgan fingerprint density at radius 2 is 2.05 bits per heavy atom. The van der Waals surface area contributed by atoms with Crippen LogP contribution in [0.15, 0.2) is 18.2 Å². The smallest absolute Gasteiger partial charge is 0.411 e. The fraction of sp³-hybridized carbons (Fsp3) is 0.400. The lowest BCUT2D eigenvalue weighted by Gasteiger charge is -2.10. The highest BCUT2D eigenvalue weighted by Crippen LogP contribution is 2.28. The van der Waals surface area contributed by atoms with E-state index < -0.39 is 24.5 Å². The van der Waals surface area contributed by atoms with Crippen LogP contribution in [0.5, 0.6) is 5.75 Å². The van der Waals surface area contributed by atoms with Gasteiger partial charge in [0.25, 0.3) is 0 Å². The standard InChI is InChI=1S/C10H11F3N2O4/c11-10(12,13)5-18-6-19-9-3-7(4-14)1-2-8(9)15(16)17/h1-3H,4-6,14H2. The summed E-state index contributed by atoms with van der Waals surface area (Å²) in [6.45, 7) is -2.11. The van der Waals surface area contributed by atoms with Crippen molar-refractivity contribution in [3.05, 3.63) is 33.9 Å². The van der Waals surface area contributed by atoms with E-state index in [1.54, 1.807) is 0 Å². The highest BCUT2D eigenvalue weighted by Gasteiger charge is 2.27. The number of nitrogens with two attached hydrogens (primary N) is 1. The van der Waals surface area contributed by atoms with Gasteiger partial charge in [-0.1, -0.05) is 6.07 Å².